The number of nitro benzene ring substituents is 1. The number of aromatic nitrogens is 1. The average Bonchev–Trinajstić information content (AvgIpc) is 2.70. The molecule has 2 rings (SSSR count). The van der Waals surface area contributed by atoms with Crippen LogP contribution in [-0.2, 0) is 16.1 Å². The summed E-state index contributed by atoms with van der Waals surface area (Å²) in [6, 6.07) is 5.35. The SMILES string of the molecule is Cc1nc(CO)c(C(=O)OC(C)C)c(-c2cccc([N+](=O)[O-])c2)c1C(=O)OCCO. The second-order valence-electron chi connectivity index (χ2n) is 6.55. The number of carbonyl (C=O) groups excluding carboxylic acids is 2. The van der Waals surface area contributed by atoms with Gasteiger partial charge < -0.3 is 19.7 Å². The molecule has 0 atom stereocenters. The highest BCUT2D eigenvalue weighted by atomic mass is 16.6. The molecule has 2 N–H and O–H groups in total. The Bertz CT molecular complexity index is 972. The molecule has 0 radical (unpaired) electrons. The van der Waals surface area contributed by atoms with E-state index in [2.05, 4.69) is 4.98 Å². The normalized spacial score (nSPS) is 10.7. The van der Waals surface area contributed by atoms with E-state index in [0.717, 1.165) is 0 Å². The fraction of sp³-hybridized carbons (Fsp3) is 0.350. The quantitative estimate of drug-likeness (QED) is 0.373. The highest BCUT2D eigenvalue weighted by Gasteiger charge is 2.30. The van der Waals surface area contributed by atoms with E-state index in [-0.39, 0.29) is 45.9 Å². The van der Waals surface area contributed by atoms with E-state index in [4.69, 9.17) is 14.6 Å². The molecule has 0 aliphatic heterocycles. The first-order valence-corrected chi connectivity index (χ1v) is 9.09. The van der Waals surface area contributed by atoms with Crippen LogP contribution in [0.4, 0.5) is 5.69 Å². The van der Waals surface area contributed by atoms with Gasteiger partial charge in [-0.05, 0) is 26.3 Å². The summed E-state index contributed by atoms with van der Waals surface area (Å²) < 4.78 is 10.3. The van der Waals surface area contributed by atoms with Gasteiger partial charge >= 0.3 is 11.9 Å². The molecule has 0 aliphatic carbocycles. The molecule has 0 saturated heterocycles. The molecule has 1 heterocycles. The monoisotopic (exact) mass is 418 g/mol. The van der Waals surface area contributed by atoms with Crippen LogP contribution in [0, 0.1) is 17.0 Å². The van der Waals surface area contributed by atoms with E-state index in [1.165, 1.54) is 31.2 Å². The van der Waals surface area contributed by atoms with Crippen molar-refractivity contribution in [3.63, 3.8) is 0 Å². The van der Waals surface area contributed by atoms with Crippen LogP contribution in [0.2, 0.25) is 0 Å². The van der Waals surface area contributed by atoms with Crippen molar-refractivity contribution in [2.24, 2.45) is 0 Å². The van der Waals surface area contributed by atoms with Gasteiger partial charge in [0.05, 0.1) is 46.8 Å². The molecular formula is C20H22N2O8. The van der Waals surface area contributed by atoms with Crippen LogP contribution in [0.1, 0.15) is 46.0 Å². The maximum Gasteiger partial charge on any atom is 0.341 e. The number of aliphatic hydroxyl groups excluding tert-OH is 2. The lowest BCUT2D eigenvalue weighted by Gasteiger charge is -2.19. The highest BCUT2D eigenvalue weighted by molar-refractivity contribution is 6.07. The molecule has 10 nitrogen and oxygen atoms in total. The van der Waals surface area contributed by atoms with E-state index in [1.54, 1.807) is 13.8 Å². The zero-order valence-corrected chi connectivity index (χ0v) is 16.7. The molecule has 0 amide bonds. The number of benzene rings is 1. The molecule has 2 aromatic rings. The van der Waals surface area contributed by atoms with Gasteiger partial charge in [-0.3, -0.25) is 15.1 Å². The van der Waals surface area contributed by atoms with Gasteiger partial charge in [0.25, 0.3) is 5.69 Å². The van der Waals surface area contributed by atoms with Crippen LogP contribution in [0.25, 0.3) is 11.1 Å². The van der Waals surface area contributed by atoms with Gasteiger partial charge in [-0.25, -0.2) is 9.59 Å². The maximum absolute atomic E-state index is 12.8. The standard InChI is InChI=1S/C20H22N2O8/c1-11(2)30-20(26)18-15(10-24)21-12(3)16(19(25)29-8-7-23)17(18)13-5-4-6-14(9-13)22(27)28/h4-6,9,11,23-24H,7-8,10H2,1-3H3. The number of nitrogens with zero attached hydrogens (tertiary/aromatic N) is 2. The molecule has 1 aromatic heterocycles. The molecule has 0 saturated carbocycles. The largest absolute Gasteiger partial charge is 0.460 e. The summed E-state index contributed by atoms with van der Waals surface area (Å²) in [5, 5.41) is 30.0. The fourth-order valence-corrected chi connectivity index (χ4v) is 2.90. The topological polar surface area (TPSA) is 149 Å². The summed E-state index contributed by atoms with van der Waals surface area (Å²) >= 11 is 0. The van der Waals surface area contributed by atoms with Crippen LogP contribution in [0.5, 0.6) is 0 Å². The zero-order valence-electron chi connectivity index (χ0n) is 16.7. The first kappa shape index (κ1) is 22.9. The van der Waals surface area contributed by atoms with Crippen LogP contribution < -0.4 is 0 Å². The lowest BCUT2D eigenvalue weighted by Crippen LogP contribution is -2.21. The van der Waals surface area contributed by atoms with Crippen molar-refractivity contribution in [2.75, 3.05) is 13.2 Å². The second kappa shape index (κ2) is 9.90. The summed E-state index contributed by atoms with van der Waals surface area (Å²) in [4.78, 5) is 40.3. The molecule has 0 unspecified atom stereocenters. The summed E-state index contributed by atoms with van der Waals surface area (Å²) in [7, 11) is 0. The Balaban J connectivity index is 2.89. The van der Waals surface area contributed by atoms with Crippen molar-refractivity contribution >= 4 is 17.6 Å². The molecular weight excluding hydrogens is 396 g/mol. The maximum atomic E-state index is 12.8. The summed E-state index contributed by atoms with van der Waals surface area (Å²) in [5.74, 6) is -1.72. The van der Waals surface area contributed by atoms with Crippen LogP contribution in [0.3, 0.4) is 0 Å². The van der Waals surface area contributed by atoms with Crippen molar-refractivity contribution in [3.8, 4) is 11.1 Å². The lowest BCUT2D eigenvalue weighted by atomic mass is 9.92. The molecule has 0 bridgehead atoms. The zero-order chi connectivity index (χ0) is 22.4. The first-order valence-electron chi connectivity index (χ1n) is 9.09. The summed E-state index contributed by atoms with van der Waals surface area (Å²) in [6.45, 7) is 3.40. The molecule has 160 valence electrons. The van der Waals surface area contributed by atoms with Crippen LogP contribution in [0.15, 0.2) is 24.3 Å². The number of rotatable bonds is 8. The predicted molar refractivity (Wildman–Crippen MR) is 105 cm³/mol. The molecule has 0 spiro atoms. The lowest BCUT2D eigenvalue weighted by molar-refractivity contribution is -0.384. The number of hydrogen-bond donors (Lipinski definition) is 2. The number of aryl methyl sites for hydroxylation is 1. The van der Waals surface area contributed by atoms with Crippen LogP contribution in [-0.4, -0.2) is 51.4 Å². The third kappa shape index (κ3) is 4.97. The smallest absolute Gasteiger partial charge is 0.341 e. The number of aliphatic hydroxyl groups is 2. The number of non-ortho nitro benzene ring substituents is 1. The molecule has 1 aromatic carbocycles. The molecule has 10 heteroatoms. The van der Waals surface area contributed by atoms with Crippen molar-refractivity contribution < 1.29 is 34.2 Å². The van der Waals surface area contributed by atoms with Gasteiger partial charge in [-0.1, -0.05) is 12.1 Å². The third-order valence-electron chi connectivity index (χ3n) is 4.02. The number of nitro groups is 1. The first-order chi connectivity index (χ1) is 14.2. The summed E-state index contributed by atoms with van der Waals surface area (Å²) in [6.07, 6.45) is -0.506. The van der Waals surface area contributed by atoms with Crippen molar-refractivity contribution in [1.29, 1.82) is 0 Å². The van der Waals surface area contributed by atoms with Gasteiger partial charge in [0, 0.05) is 17.7 Å². The highest BCUT2D eigenvalue weighted by Crippen LogP contribution is 2.34. The van der Waals surface area contributed by atoms with Crippen LogP contribution >= 0.6 is 0 Å². The number of pyridine rings is 1. The van der Waals surface area contributed by atoms with E-state index in [9.17, 15) is 24.8 Å². The number of esters is 2. The van der Waals surface area contributed by atoms with Gasteiger partial charge in [-0.2, -0.15) is 0 Å². The van der Waals surface area contributed by atoms with E-state index < -0.39 is 36.2 Å². The fourth-order valence-electron chi connectivity index (χ4n) is 2.90. The predicted octanol–water partition coefficient (Wildman–Crippen LogP) is 2.17. The van der Waals surface area contributed by atoms with Crippen molar-refractivity contribution in [2.45, 2.75) is 33.5 Å². The minimum absolute atomic E-state index is 0.00356. The van der Waals surface area contributed by atoms with Gasteiger partial charge in [0.15, 0.2) is 0 Å². The number of carbonyl (C=O) groups is 2. The Labute approximate surface area is 172 Å². The minimum atomic E-state index is -0.876. The second-order valence-corrected chi connectivity index (χ2v) is 6.55. The Hall–Kier alpha value is -3.37. The summed E-state index contributed by atoms with van der Waals surface area (Å²) in [5.41, 5.74) is -0.279. The van der Waals surface area contributed by atoms with E-state index in [1.807, 2.05) is 0 Å². The van der Waals surface area contributed by atoms with E-state index >= 15 is 0 Å². The van der Waals surface area contributed by atoms with Crippen molar-refractivity contribution in [1.82, 2.24) is 4.98 Å². The number of ether oxygens (including phenoxy) is 2. The minimum Gasteiger partial charge on any atom is -0.460 e. The third-order valence-corrected chi connectivity index (χ3v) is 4.02. The van der Waals surface area contributed by atoms with Gasteiger partial charge in [0.2, 0.25) is 0 Å². The average molecular weight is 418 g/mol. The Morgan fingerprint density at radius 1 is 1.20 bits per heavy atom. The Kier molecular flexibility index (Phi) is 7.56. The Morgan fingerprint density at radius 2 is 1.90 bits per heavy atom. The Morgan fingerprint density at radius 3 is 2.47 bits per heavy atom. The molecule has 30 heavy (non-hydrogen) atoms. The number of hydrogen-bond acceptors (Lipinski definition) is 9. The van der Waals surface area contributed by atoms with Crippen molar-refractivity contribution in [3.05, 3.63) is 56.9 Å². The molecule has 0 aliphatic rings. The van der Waals surface area contributed by atoms with Gasteiger partial charge in [-0.15, -0.1) is 0 Å². The molecule has 0 fully saturated rings. The van der Waals surface area contributed by atoms with E-state index in [0.29, 0.717) is 0 Å². The van der Waals surface area contributed by atoms with Gasteiger partial charge in [0.1, 0.15) is 6.61 Å².